The molecule has 6 nitrogen and oxygen atoms in total. The monoisotopic (exact) mass is 349 g/mol. The number of anilines is 1. The molecule has 106 valence electrons. The Morgan fingerprint density at radius 2 is 2.26 bits per heavy atom. The maximum Gasteiger partial charge on any atom is 0.232 e. The van der Waals surface area contributed by atoms with E-state index in [2.05, 4.69) is 25.9 Å². The fourth-order valence-electron chi connectivity index (χ4n) is 2.11. The first-order valence-electron chi connectivity index (χ1n) is 5.93. The van der Waals surface area contributed by atoms with E-state index >= 15 is 0 Å². The lowest BCUT2D eigenvalue weighted by Gasteiger charge is -2.22. The van der Waals surface area contributed by atoms with E-state index in [9.17, 15) is 8.42 Å². The van der Waals surface area contributed by atoms with E-state index in [1.807, 2.05) is 11.8 Å². The molecule has 1 saturated heterocycles. The number of sulfone groups is 1. The molecule has 1 aliphatic rings. The Morgan fingerprint density at radius 3 is 2.95 bits per heavy atom. The molecule has 0 N–H and O–H groups in total. The zero-order chi connectivity index (χ0) is 14.0. The van der Waals surface area contributed by atoms with Gasteiger partial charge in [0, 0.05) is 13.1 Å². The summed E-state index contributed by atoms with van der Waals surface area (Å²) < 4.78 is 29.3. The Morgan fingerprint density at radius 1 is 1.53 bits per heavy atom. The molecule has 0 aliphatic carbocycles. The van der Waals surface area contributed by atoms with Gasteiger partial charge in [-0.05, 0) is 21.8 Å². The number of aromatic nitrogens is 2. The first kappa shape index (κ1) is 14.5. The number of methoxy groups -OCH3 is 1. The van der Waals surface area contributed by atoms with Gasteiger partial charge in [0.1, 0.15) is 0 Å². The highest BCUT2D eigenvalue weighted by atomic mass is 79.9. The minimum Gasteiger partial charge on any atom is -0.480 e. The van der Waals surface area contributed by atoms with Crippen molar-refractivity contribution in [3.8, 4) is 5.88 Å². The van der Waals surface area contributed by atoms with Crippen LogP contribution in [0, 0.1) is 5.92 Å². The molecule has 0 saturated carbocycles. The molecule has 2 heterocycles. The van der Waals surface area contributed by atoms with Gasteiger partial charge in [0.2, 0.25) is 11.8 Å². The van der Waals surface area contributed by atoms with Crippen LogP contribution in [-0.2, 0) is 9.84 Å². The summed E-state index contributed by atoms with van der Waals surface area (Å²) in [4.78, 5) is 10.4. The van der Waals surface area contributed by atoms with Crippen molar-refractivity contribution in [2.24, 2.45) is 5.92 Å². The topological polar surface area (TPSA) is 72.4 Å². The van der Waals surface area contributed by atoms with Gasteiger partial charge in [0.15, 0.2) is 9.84 Å². The van der Waals surface area contributed by atoms with Crippen molar-refractivity contribution >= 4 is 31.7 Å². The average molecular weight is 350 g/mol. The molecule has 0 amide bonds. The Kier molecular flexibility index (Phi) is 4.29. The van der Waals surface area contributed by atoms with Crippen LogP contribution < -0.4 is 9.64 Å². The van der Waals surface area contributed by atoms with Crippen LogP contribution in [0.3, 0.4) is 0 Å². The summed E-state index contributed by atoms with van der Waals surface area (Å²) in [5.41, 5.74) is 0. The normalized spacial score (nSPS) is 22.9. The second-order valence-electron chi connectivity index (χ2n) is 4.69. The summed E-state index contributed by atoms with van der Waals surface area (Å²) in [5, 5.41) is 0. The van der Waals surface area contributed by atoms with Crippen molar-refractivity contribution < 1.29 is 13.2 Å². The lowest BCUT2D eigenvalue weighted by Crippen LogP contribution is -2.30. The Hall–Kier alpha value is -0.890. The molecule has 1 aliphatic heterocycles. The number of nitrogens with zero attached hydrogens (tertiary/aromatic N) is 3. The molecule has 0 radical (unpaired) electrons. The number of halogens is 1. The Labute approximate surface area is 121 Å². The van der Waals surface area contributed by atoms with Crippen LogP contribution in [0.25, 0.3) is 0 Å². The summed E-state index contributed by atoms with van der Waals surface area (Å²) in [6, 6.07) is 0. The van der Waals surface area contributed by atoms with E-state index in [1.165, 1.54) is 7.11 Å². The third-order valence-corrected chi connectivity index (χ3v) is 5.34. The van der Waals surface area contributed by atoms with Gasteiger partial charge in [-0.15, -0.1) is 0 Å². The summed E-state index contributed by atoms with van der Waals surface area (Å²) in [6.07, 6.45) is 1.62. The van der Waals surface area contributed by atoms with Crippen molar-refractivity contribution in [2.45, 2.75) is 6.92 Å². The van der Waals surface area contributed by atoms with Crippen LogP contribution in [0.15, 0.2) is 10.7 Å². The van der Waals surface area contributed by atoms with Crippen molar-refractivity contribution in [2.75, 3.05) is 36.6 Å². The predicted molar refractivity (Wildman–Crippen MR) is 76.3 cm³/mol. The molecule has 8 heteroatoms. The number of hydrogen-bond acceptors (Lipinski definition) is 6. The van der Waals surface area contributed by atoms with E-state index in [0.717, 1.165) is 0 Å². The highest BCUT2D eigenvalue weighted by Crippen LogP contribution is 2.24. The van der Waals surface area contributed by atoms with Crippen molar-refractivity contribution in [1.82, 2.24) is 9.97 Å². The summed E-state index contributed by atoms with van der Waals surface area (Å²) in [7, 11) is -1.44. The largest absolute Gasteiger partial charge is 0.480 e. The molecule has 1 unspecified atom stereocenters. The quantitative estimate of drug-likeness (QED) is 0.796. The summed E-state index contributed by atoms with van der Waals surface area (Å²) in [6.45, 7) is 2.97. The van der Waals surface area contributed by atoms with E-state index in [4.69, 9.17) is 4.74 Å². The van der Waals surface area contributed by atoms with Crippen molar-refractivity contribution in [3.05, 3.63) is 10.7 Å². The molecule has 0 aromatic carbocycles. The molecular weight excluding hydrogens is 334 g/mol. The molecule has 1 aromatic rings. The average Bonchev–Trinajstić information content (AvgIpc) is 2.47. The minimum atomic E-state index is -2.97. The van der Waals surface area contributed by atoms with Gasteiger partial charge >= 0.3 is 0 Å². The lowest BCUT2D eigenvalue weighted by atomic mass is 10.2. The molecule has 2 rings (SSSR count). The van der Waals surface area contributed by atoms with Gasteiger partial charge in [-0.2, -0.15) is 4.98 Å². The Bertz CT molecular complexity index is 564. The first-order valence-corrected chi connectivity index (χ1v) is 8.54. The van der Waals surface area contributed by atoms with Crippen LogP contribution in [0.5, 0.6) is 5.88 Å². The van der Waals surface area contributed by atoms with Crippen molar-refractivity contribution in [1.29, 1.82) is 0 Å². The molecule has 1 atom stereocenters. The molecule has 1 fully saturated rings. The Balaban J connectivity index is 2.26. The third-order valence-electron chi connectivity index (χ3n) is 2.92. The van der Waals surface area contributed by atoms with E-state index in [-0.39, 0.29) is 17.4 Å². The van der Waals surface area contributed by atoms with Crippen LogP contribution >= 0.6 is 15.9 Å². The first-order chi connectivity index (χ1) is 8.91. The molecule has 19 heavy (non-hydrogen) atoms. The molecule has 0 bridgehead atoms. The van der Waals surface area contributed by atoms with Gasteiger partial charge in [0.05, 0.1) is 29.3 Å². The summed E-state index contributed by atoms with van der Waals surface area (Å²) in [5.74, 6) is 1.37. The molecular formula is C11H16BrN3O3S. The number of rotatable bonds is 2. The second-order valence-corrected chi connectivity index (χ2v) is 7.78. The zero-order valence-corrected chi connectivity index (χ0v) is 13.2. The van der Waals surface area contributed by atoms with Crippen LogP contribution in [0.4, 0.5) is 5.95 Å². The standard InChI is InChI=1S/C11H16BrN3O3S/c1-8-6-15(3-4-19(16,17)7-8)11-13-5-9(12)10(14-11)18-2/h5,8H,3-4,6-7H2,1-2H3. The maximum absolute atomic E-state index is 11.7. The maximum atomic E-state index is 11.7. The minimum absolute atomic E-state index is 0.0609. The van der Waals surface area contributed by atoms with Crippen molar-refractivity contribution in [3.63, 3.8) is 0 Å². The predicted octanol–water partition coefficient (Wildman–Crippen LogP) is 1.12. The zero-order valence-electron chi connectivity index (χ0n) is 10.8. The van der Waals surface area contributed by atoms with Gasteiger partial charge < -0.3 is 9.64 Å². The highest BCUT2D eigenvalue weighted by molar-refractivity contribution is 9.10. The van der Waals surface area contributed by atoms with Gasteiger partial charge in [-0.25, -0.2) is 13.4 Å². The van der Waals surface area contributed by atoms with Crippen LogP contribution in [-0.4, -0.2) is 50.1 Å². The third kappa shape index (κ3) is 3.56. The molecule has 0 spiro atoms. The number of hydrogen-bond donors (Lipinski definition) is 0. The summed E-state index contributed by atoms with van der Waals surface area (Å²) >= 11 is 3.30. The van der Waals surface area contributed by atoms with Gasteiger partial charge in [0.25, 0.3) is 0 Å². The second kappa shape index (κ2) is 5.62. The lowest BCUT2D eigenvalue weighted by molar-refractivity contribution is 0.393. The number of ether oxygens (including phenoxy) is 1. The smallest absolute Gasteiger partial charge is 0.232 e. The fraction of sp³-hybridized carbons (Fsp3) is 0.636. The highest BCUT2D eigenvalue weighted by Gasteiger charge is 2.26. The SMILES string of the molecule is COc1nc(N2CCS(=O)(=O)CC(C)C2)ncc1Br. The van der Waals surface area contributed by atoms with Crippen LogP contribution in [0.2, 0.25) is 0 Å². The fourth-order valence-corrected chi connectivity index (χ4v) is 4.10. The van der Waals surface area contributed by atoms with Crippen LogP contribution in [0.1, 0.15) is 6.92 Å². The van der Waals surface area contributed by atoms with Gasteiger partial charge in [-0.1, -0.05) is 6.92 Å². The molecule has 1 aromatic heterocycles. The van der Waals surface area contributed by atoms with Gasteiger partial charge in [-0.3, -0.25) is 0 Å². The van der Waals surface area contributed by atoms with E-state index < -0.39 is 9.84 Å². The van der Waals surface area contributed by atoms with E-state index in [0.29, 0.717) is 29.4 Å². The van der Waals surface area contributed by atoms with E-state index in [1.54, 1.807) is 6.20 Å².